The standard InChI is InChI=1S/C17H19N5O3/c23-17(19-9-14-10-20-22-3-1-2-18-16(14)22)13-8-15(25-12-13)11-21-4-6-24-7-5-21/h1-3,8,10,12H,4-7,9,11H2,(H,19,23). The first-order chi connectivity index (χ1) is 12.3. The van der Waals surface area contributed by atoms with Crippen LogP contribution in [0.3, 0.4) is 0 Å². The molecule has 4 heterocycles. The van der Waals surface area contributed by atoms with Gasteiger partial charge in [0.25, 0.3) is 5.91 Å². The number of nitrogens with one attached hydrogen (secondary N) is 1. The molecule has 130 valence electrons. The first kappa shape index (κ1) is 15.8. The molecule has 0 spiro atoms. The van der Waals surface area contributed by atoms with E-state index in [4.69, 9.17) is 9.15 Å². The molecule has 0 atom stereocenters. The molecule has 0 bridgehead atoms. The SMILES string of the molecule is O=C(NCc1cnn2cccnc12)c1coc(CN2CCOCC2)c1. The molecule has 25 heavy (non-hydrogen) atoms. The van der Waals surface area contributed by atoms with Gasteiger partial charge in [0.2, 0.25) is 0 Å². The number of morpholine rings is 1. The van der Waals surface area contributed by atoms with E-state index in [-0.39, 0.29) is 5.91 Å². The van der Waals surface area contributed by atoms with Gasteiger partial charge in [-0.1, -0.05) is 0 Å². The van der Waals surface area contributed by atoms with Crippen LogP contribution in [0.5, 0.6) is 0 Å². The lowest BCUT2D eigenvalue weighted by Crippen LogP contribution is -2.35. The van der Waals surface area contributed by atoms with Gasteiger partial charge in [-0.25, -0.2) is 9.50 Å². The molecule has 3 aromatic rings. The number of hydrogen-bond acceptors (Lipinski definition) is 6. The van der Waals surface area contributed by atoms with Crippen LogP contribution >= 0.6 is 0 Å². The molecule has 8 heteroatoms. The summed E-state index contributed by atoms with van der Waals surface area (Å²) in [5.41, 5.74) is 2.13. The summed E-state index contributed by atoms with van der Waals surface area (Å²) < 4.78 is 12.5. The van der Waals surface area contributed by atoms with E-state index in [0.29, 0.717) is 18.7 Å². The number of rotatable bonds is 5. The van der Waals surface area contributed by atoms with E-state index in [2.05, 4.69) is 20.3 Å². The molecule has 4 rings (SSSR count). The number of nitrogens with zero attached hydrogens (tertiary/aromatic N) is 4. The Labute approximate surface area is 144 Å². The number of ether oxygens (including phenoxy) is 1. The minimum atomic E-state index is -0.174. The quantitative estimate of drug-likeness (QED) is 0.748. The fourth-order valence-electron chi connectivity index (χ4n) is 2.84. The molecule has 1 aliphatic heterocycles. The van der Waals surface area contributed by atoms with Gasteiger partial charge in [0.15, 0.2) is 5.65 Å². The van der Waals surface area contributed by atoms with Crippen LogP contribution in [0, 0.1) is 0 Å². The Hall–Kier alpha value is -2.71. The van der Waals surface area contributed by atoms with Gasteiger partial charge in [-0.15, -0.1) is 0 Å². The van der Waals surface area contributed by atoms with Crippen molar-refractivity contribution in [2.24, 2.45) is 0 Å². The Bertz CT molecular complexity index is 866. The Balaban J connectivity index is 1.36. The summed E-state index contributed by atoms with van der Waals surface area (Å²) in [5, 5.41) is 7.09. The number of carbonyl (C=O) groups excluding carboxylic acids is 1. The summed E-state index contributed by atoms with van der Waals surface area (Å²) in [6.45, 7) is 4.29. The highest BCUT2D eigenvalue weighted by Gasteiger charge is 2.15. The van der Waals surface area contributed by atoms with Crippen molar-refractivity contribution >= 4 is 11.6 Å². The molecule has 0 saturated carbocycles. The minimum absolute atomic E-state index is 0.174. The third-order valence-electron chi connectivity index (χ3n) is 4.19. The third-order valence-corrected chi connectivity index (χ3v) is 4.19. The maximum Gasteiger partial charge on any atom is 0.254 e. The number of hydrogen-bond donors (Lipinski definition) is 1. The summed E-state index contributed by atoms with van der Waals surface area (Å²) in [6, 6.07) is 3.60. The van der Waals surface area contributed by atoms with Crippen LogP contribution in [0.2, 0.25) is 0 Å². The van der Waals surface area contributed by atoms with Gasteiger partial charge in [-0.2, -0.15) is 5.10 Å². The second kappa shape index (κ2) is 7.04. The number of aromatic nitrogens is 3. The molecule has 3 aromatic heterocycles. The van der Waals surface area contributed by atoms with Gasteiger partial charge in [0.05, 0.1) is 31.5 Å². The number of carbonyl (C=O) groups is 1. The maximum absolute atomic E-state index is 12.3. The molecule has 1 aliphatic rings. The summed E-state index contributed by atoms with van der Waals surface area (Å²) in [6.07, 6.45) is 6.74. The van der Waals surface area contributed by atoms with Gasteiger partial charge in [0, 0.05) is 37.6 Å². The molecule has 0 radical (unpaired) electrons. The first-order valence-electron chi connectivity index (χ1n) is 8.22. The first-order valence-corrected chi connectivity index (χ1v) is 8.22. The smallest absolute Gasteiger partial charge is 0.254 e. The topological polar surface area (TPSA) is 84.9 Å². The summed E-state index contributed by atoms with van der Waals surface area (Å²) in [5.74, 6) is 0.608. The number of amides is 1. The van der Waals surface area contributed by atoms with Crippen molar-refractivity contribution < 1.29 is 13.9 Å². The second-order valence-electron chi connectivity index (χ2n) is 5.93. The van der Waals surface area contributed by atoms with Gasteiger partial charge < -0.3 is 14.5 Å². The largest absolute Gasteiger partial charge is 0.467 e. The van der Waals surface area contributed by atoms with Crippen molar-refractivity contribution in [3.05, 3.63) is 53.9 Å². The average molecular weight is 341 g/mol. The Morgan fingerprint density at radius 2 is 2.20 bits per heavy atom. The van der Waals surface area contributed by atoms with E-state index in [1.54, 1.807) is 23.0 Å². The van der Waals surface area contributed by atoms with Crippen molar-refractivity contribution in [3.8, 4) is 0 Å². The zero-order valence-corrected chi connectivity index (χ0v) is 13.7. The van der Waals surface area contributed by atoms with Crippen LogP contribution < -0.4 is 5.32 Å². The van der Waals surface area contributed by atoms with Crippen molar-refractivity contribution in [2.45, 2.75) is 13.1 Å². The molecular formula is C17H19N5O3. The van der Waals surface area contributed by atoms with Crippen LogP contribution in [-0.2, 0) is 17.8 Å². The van der Waals surface area contributed by atoms with Crippen molar-refractivity contribution in [1.29, 1.82) is 0 Å². The van der Waals surface area contributed by atoms with Crippen LogP contribution in [0.4, 0.5) is 0 Å². The van der Waals surface area contributed by atoms with Crippen molar-refractivity contribution in [3.63, 3.8) is 0 Å². The zero-order valence-electron chi connectivity index (χ0n) is 13.7. The predicted octanol–water partition coefficient (Wildman–Crippen LogP) is 1.08. The predicted molar refractivity (Wildman–Crippen MR) is 89.0 cm³/mol. The highest BCUT2D eigenvalue weighted by Crippen LogP contribution is 2.13. The van der Waals surface area contributed by atoms with Crippen LogP contribution in [-0.4, -0.2) is 51.7 Å². The molecule has 1 saturated heterocycles. The molecule has 8 nitrogen and oxygen atoms in total. The van der Waals surface area contributed by atoms with E-state index in [1.807, 2.05) is 12.3 Å². The summed E-state index contributed by atoms with van der Waals surface area (Å²) in [7, 11) is 0. The highest BCUT2D eigenvalue weighted by molar-refractivity contribution is 5.94. The number of fused-ring (bicyclic) bond motifs is 1. The van der Waals surface area contributed by atoms with Gasteiger partial charge >= 0.3 is 0 Å². The normalized spacial score (nSPS) is 15.5. The van der Waals surface area contributed by atoms with Gasteiger partial charge in [0.1, 0.15) is 12.0 Å². The van der Waals surface area contributed by atoms with Gasteiger partial charge in [-0.05, 0) is 12.1 Å². The lowest BCUT2D eigenvalue weighted by atomic mass is 10.2. The third kappa shape index (κ3) is 3.54. The summed E-state index contributed by atoms with van der Waals surface area (Å²) >= 11 is 0. The average Bonchev–Trinajstić information content (AvgIpc) is 3.28. The Kier molecular flexibility index (Phi) is 4.45. The van der Waals surface area contributed by atoms with E-state index >= 15 is 0 Å². The van der Waals surface area contributed by atoms with Crippen LogP contribution in [0.25, 0.3) is 5.65 Å². The summed E-state index contributed by atoms with van der Waals surface area (Å²) in [4.78, 5) is 18.8. The molecule has 1 amide bonds. The molecule has 1 fully saturated rings. The fourth-order valence-corrected chi connectivity index (χ4v) is 2.84. The Morgan fingerprint density at radius 1 is 1.32 bits per heavy atom. The molecule has 0 aromatic carbocycles. The Morgan fingerprint density at radius 3 is 3.08 bits per heavy atom. The van der Waals surface area contributed by atoms with Crippen LogP contribution in [0.15, 0.2) is 41.4 Å². The lowest BCUT2D eigenvalue weighted by molar-refractivity contribution is 0.0313. The second-order valence-corrected chi connectivity index (χ2v) is 5.93. The zero-order chi connectivity index (χ0) is 17.1. The van der Waals surface area contributed by atoms with E-state index in [0.717, 1.165) is 43.3 Å². The molecular weight excluding hydrogens is 322 g/mol. The molecule has 0 aliphatic carbocycles. The molecule has 1 N–H and O–H groups in total. The van der Waals surface area contributed by atoms with Crippen molar-refractivity contribution in [1.82, 2.24) is 24.8 Å². The van der Waals surface area contributed by atoms with E-state index in [1.165, 1.54) is 6.26 Å². The monoisotopic (exact) mass is 341 g/mol. The highest BCUT2D eigenvalue weighted by atomic mass is 16.5. The van der Waals surface area contributed by atoms with E-state index in [9.17, 15) is 4.79 Å². The lowest BCUT2D eigenvalue weighted by Gasteiger charge is -2.25. The van der Waals surface area contributed by atoms with Crippen molar-refractivity contribution in [2.75, 3.05) is 26.3 Å². The minimum Gasteiger partial charge on any atom is -0.467 e. The number of furan rings is 1. The molecule has 0 unspecified atom stereocenters. The fraction of sp³-hybridized carbons (Fsp3) is 0.353. The van der Waals surface area contributed by atoms with E-state index < -0.39 is 0 Å². The van der Waals surface area contributed by atoms with Gasteiger partial charge in [-0.3, -0.25) is 9.69 Å². The van der Waals surface area contributed by atoms with Crippen LogP contribution in [0.1, 0.15) is 21.7 Å². The maximum atomic E-state index is 12.3.